The Morgan fingerprint density at radius 2 is 1.89 bits per heavy atom. The van der Waals surface area contributed by atoms with Gasteiger partial charge >= 0.3 is 6.09 Å². The van der Waals surface area contributed by atoms with Gasteiger partial charge in [0, 0.05) is 5.92 Å². The smallest absolute Gasteiger partial charge is 0.408 e. The van der Waals surface area contributed by atoms with Crippen LogP contribution in [0.2, 0.25) is 0 Å². The number of hydrogen-bond acceptors (Lipinski definition) is 3. The van der Waals surface area contributed by atoms with Crippen molar-refractivity contribution in [2.24, 2.45) is 0 Å². The normalized spacial score (nSPS) is 14.1. The topological polar surface area (TPSA) is 62.1 Å². The van der Waals surface area contributed by atoms with E-state index >= 15 is 0 Å². The van der Waals surface area contributed by atoms with E-state index in [1.165, 1.54) is 0 Å². The van der Waals surface area contributed by atoms with Crippen LogP contribution in [0.4, 0.5) is 4.79 Å². The van der Waals surface area contributed by atoms with Crippen LogP contribution in [0.3, 0.4) is 0 Å². The summed E-state index contributed by atoms with van der Waals surface area (Å²) in [6, 6.07) is 11.1. The Hall–Kier alpha value is -2.02. The second kappa shape index (κ2) is 6.24. The van der Waals surface area contributed by atoms with Crippen LogP contribution in [-0.2, 0) is 4.74 Å². The summed E-state index contributed by atoms with van der Waals surface area (Å²) in [4.78, 5) is 11.7. The Balaban J connectivity index is 2.69. The van der Waals surface area contributed by atoms with E-state index in [-0.39, 0.29) is 5.92 Å². The summed E-state index contributed by atoms with van der Waals surface area (Å²) in [6.45, 7) is 7.26. The monoisotopic (exact) mass is 260 g/mol. The molecule has 1 aromatic carbocycles. The molecular formula is C15H20N2O2. The lowest BCUT2D eigenvalue weighted by molar-refractivity contribution is 0.0511. The molecule has 0 fully saturated rings. The maximum absolute atomic E-state index is 11.7. The lowest BCUT2D eigenvalue weighted by Crippen LogP contribution is -2.40. The second-order valence-corrected chi connectivity index (χ2v) is 5.45. The molecule has 0 aromatic heterocycles. The zero-order valence-electron chi connectivity index (χ0n) is 11.8. The van der Waals surface area contributed by atoms with Crippen molar-refractivity contribution < 1.29 is 9.53 Å². The molecule has 2 unspecified atom stereocenters. The Kier molecular flexibility index (Phi) is 4.94. The summed E-state index contributed by atoms with van der Waals surface area (Å²) in [6.07, 6.45) is -0.568. The number of nitriles is 1. The highest BCUT2D eigenvalue weighted by Gasteiger charge is 2.23. The van der Waals surface area contributed by atoms with Gasteiger partial charge in [-0.25, -0.2) is 4.79 Å². The van der Waals surface area contributed by atoms with Crippen molar-refractivity contribution in [3.05, 3.63) is 35.9 Å². The number of nitrogens with one attached hydrogen (secondary N) is 1. The van der Waals surface area contributed by atoms with Gasteiger partial charge in [-0.3, -0.25) is 0 Å². The largest absolute Gasteiger partial charge is 0.444 e. The molecule has 0 heterocycles. The van der Waals surface area contributed by atoms with Crippen molar-refractivity contribution in [3.8, 4) is 6.07 Å². The van der Waals surface area contributed by atoms with Gasteiger partial charge in [0.1, 0.15) is 11.6 Å². The van der Waals surface area contributed by atoms with Crippen molar-refractivity contribution >= 4 is 6.09 Å². The summed E-state index contributed by atoms with van der Waals surface area (Å²) >= 11 is 0. The van der Waals surface area contributed by atoms with Crippen LogP contribution in [-0.4, -0.2) is 17.7 Å². The summed E-state index contributed by atoms with van der Waals surface area (Å²) < 4.78 is 5.15. The number of ether oxygens (including phenoxy) is 1. The molecule has 0 saturated heterocycles. The van der Waals surface area contributed by atoms with E-state index in [2.05, 4.69) is 11.4 Å². The molecule has 0 bridgehead atoms. The van der Waals surface area contributed by atoms with Crippen molar-refractivity contribution in [3.63, 3.8) is 0 Å². The van der Waals surface area contributed by atoms with Crippen molar-refractivity contribution in [1.29, 1.82) is 5.26 Å². The maximum atomic E-state index is 11.7. The standard InChI is InChI=1S/C15H20N2O2/c1-11(12-8-6-5-7-9-12)13(10-16)17-14(18)19-15(2,3)4/h5-9,11,13H,1-4H3,(H,17,18). The molecule has 0 spiro atoms. The number of carbonyl (C=O) groups is 1. The first-order chi connectivity index (χ1) is 8.83. The number of amides is 1. The molecular weight excluding hydrogens is 240 g/mol. The molecule has 0 aliphatic carbocycles. The van der Waals surface area contributed by atoms with Crippen molar-refractivity contribution in [1.82, 2.24) is 5.32 Å². The molecule has 0 aliphatic heterocycles. The average molecular weight is 260 g/mol. The van der Waals surface area contributed by atoms with Crippen LogP contribution in [0.15, 0.2) is 30.3 Å². The average Bonchev–Trinajstić information content (AvgIpc) is 2.34. The fourth-order valence-electron chi connectivity index (χ4n) is 1.65. The van der Waals surface area contributed by atoms with Gasteiger partial charge in [-0.1, -0.05) is 37.3 Å². The van der Waals surface area contributed by atoms with E-state index < -0.39 is 17.7 Å². The minimum absolute atomic E-state index is 0.0984. The quantitative estimate of drug-likeness (QED) is 0.907. The molecule has 2 atom stereocenters. The zero-order valence-corrected chi connectivity index (χ0v) is 11.8. The second-order valence-electron chi connectivity index (χ2n) is 5.45. The highest BCUT2D eigenvalue weighted by molar-refractivity contribution is 5.68. The fraction of sp³-hybridized carbons (Fsp3) is 0.467. The number of carbonyl (C=O) groups excluding carboxylic acids is 1. The molecule has 1 rings (SSSR count). The van der Waals surface area contributed by atoms with Crippen LogP contribution >= 0.6 is 0 Å². The third-order valence-corrected chi connectivity index (χ3v) is 2.64. The van der Waals surface area contributed by atoms with Gasteiger partial charge in [-0.15, -0.1) is 0 Å². The molecule has 19 heavy (non-hydrogen) atoms. The number of rotatable bonds is 3. The Labute approximate surface area is 114 Å². The van der Waals surface area contributed by atoms with Gasteiger partial charge in [-0.05, 0) is 26.3 Å². The van der Waals surface area contributed by atoms with Crippen LogP contribution < -0.4 is 5.32 Å². The number of alkyl carbamates (subject to hydrolysis) is 1. The summed E-state index contributed by atoms with van der Waals surface area (Å²) in [7, 11) is 0. The first-order valence-corrected chi connectivity index (χ1v) is 6.27. The maximum Gasteiger partial charge on any atom is 0.408 e. The molecule has 4 nitrogen and oxygen atoms in total. The first-order valence-electron chi connectivity index (χ1n) is 6.27. The molecule has 0 aliphatic rings. The molecule has 0 radical (unpaired) electrons. The summed E-state index contributed by atoms with van der Waals surface area (Å²) in [5.74, 6) is -0.0984. The van der Waals surface area contributed by atoms with Gasteiger partial charge < -0.3 is 10.1 Å². The molecule has 1 amide bonds. The predicted molar refractivity (Wildman–Crippen MR) is 73.6 cm³/mol. The highest BCUT2D eigenvalue weighted by atomic mass is 16.6. The van der Waals surface area contributed by atoms with Crippen molar-refractivity contribution in [2.45, 2.75) is 45.3 Å². The third-order valence-electron chi connectivity index (χ3n) is 2.64. The van der Waals surface area contributed by atoms with Crippen LogP contribution in [0.1, 0.15) is 39.2 Å². The van der Waals surface area contributed by atoms with Gasteiger partial charge in [0.2, 0.25) is 0 Å². The van der Waals surface area contributed by atoms with E-state index in [9.17, 15) is 10.1 Å². The van der Waals surface area contributed by atoms with Crippen LogP contribution in [0, 0.1) is 11.3 Å². The predicted octanol–water partition coefficient (Wildman–Crippen LogP) is 3.21. The number of hydrogen-bond donors (Lipinski definition) is 1. The van der Waals surface area contributed by atoms with E-state index in [1.807, 2.05) is 37.3 Å². The lowest BCUT2D eigenvalue weighted by Gasteiger charge is -2.23. The minimum Gasteiger partial charge on any atom is -0.444 e. The van der Waals surface area contributed by atoms with Crippen molar-refractivity contribution in [2.75, 3.05) is 0 Å². The van der Waals surface area contributed by atoms with E-state index in [0.29, 0.717) is 0 Å². The third kappa shape index (κ3) is 5.01. The lowest BCUT2D eigenvalue weighted by atomic mass is 9.94. The van der Waals surface area contributed by atoms with E-state index in [0.717, 1.165) is 5.56 Å². The molecule has 4 heteroatoms. The Morgan fingerprint density at radius 3 is 2.37 bits per heavy atom. The van der Waals surface area contributed by atoms with E-state index in [4.69, 9.17) is 4.74 Å². The molecule has 102 valence electrons. The van der Waals surface area contributed by atoms with E-state index in [1.54, 1.807) is 20.8 Å². The molecule has 0 saturated carbocycles. The van der Waals surface area contributed by atoms with Crippen LogP contribution in [0.25, 0.3) is 0 Å². The van der Waals surface area contributed by atoms with Gasteiger partial charge in [0.15, 0.2) is 0 Å². The van der Waals surface area contributed by atoms with Crippen LogP contribution in [0.5, 0.6) is 0 Å². The highest BCUT2D eigenvalue weighted by Crippen LogP contribution is 2.19. The summed E-state index contributed by atoms with van der Waals surface area (Å²) in [5, 5.41) is 11.8. The SMILES string of the molecule is CC(c1ccccc1)C(C#N)NC(=O)OC(C)(C)C. The number of nitrogens with zero attached hydrogens (tertiary/aromatic N) is 1. The minimum atomic E-state index is -0.614. The Morgan fingerprint density at radius 1 is 1.32 bits per heavy atom. The van der Waals surface area contributed by atoms with Gasteiger partial charge in [-0.2, -0.15) is 5.26 Å². The fourth-order valence-corrected chi connectivity index (χ4v) is 1.65. The zero-order chi connectivity index (χ0) is 14.5. The van der Waals surface area contributed by atoms with Gasteiger partial charge in [0.05, 0.1) is 6.07 Å². The Bertz CT molecular complexity index is 457. The summed E-state index contributed by atoms with van der Waals surface area (Å²) in [5.41, 5.74) is 0.435. The first kappa shape index (κ1) is 15.0. The molecule has 1 aromatic rings. The van der Waals surface area contributed by atoms with Gasteiger partial charge in [0.25, 0.3) is 0 Å². The number of benzene rings is 1. The molecule has 1 N–H and O–H groups in total.